The Balaban J connectivity index is 2.42. The molecule has 4 heteroatoms. The second-order valence-corrected chi connectivity index (χ2v) is 5.72. The fraction of sp³-hybridized carbons (Fsp3) is 0.471. The monoisotopic (exact) mass is 305 g/mol. The number of aromatic nitrogens is 2. The lowest BCUT2D eigenvalue weighted by atomic mass is 10.0. The lowest BCUT2D eigenvalue weighted by Gasteiger charge is -2.22. The summed E-state index contributed by atoms with van der Waals surface area (Å²) in [6.07, 6.45) is 4.02. The van der Waals surface area contributed by atoms with Gasteiger partial charge < -0.3 is 5.32 Å². The fourth-order valence-corrected chi connectivity index (χ4v) is 2.78. The van der Waals surface area contributed by atoms with E-state index >= 15 is 0 Å². The Morgan fingerprint density at radius 3 is 2.76 bits per heavy atom. The highest BCUT2D eigenvalue weighted by atomic mass is 35.5. The molecule has 1 aromatic heterocycles. The van der Waals surface area contributed by atoms with Gasteiger partial charge in [-0.15, -0.1) is 0 Å². The molecule has 0 saturated heterocycles. The van der Waals surface area contributed by atoms with Crippen LogP contribution in [0.25, 0.3) is 0 Å². The summed E-state index contributed by atoms with van der Waals surface area (Å²) in [7, 11) is 0. The normalized spacial score (nSPS) is 12.6. The maximum atomic E-state index is 6.54. The summed E-state index contributed by atoms with van der Waals surface area (Å²) in [6.45, 7) is 8.26. The number of nitrogens with zero attached hydrogens (tertiary/aromatic N) is 2. The zero-order valence-electron chi connectivity index (χ0n) is 13.1. The largest absolute Gasteiger partial charge is 0.305 e. The number of rotatable bonds is 7. The van der Waals surface area contributed by atoms with Gasteiger partial charge in [-0.2, -0.15) is 5.10 Å². The second kappa shape index (κ2) is 7.62. The number of hydrogen-bond donors (Lipinski definition) is 1. The van der Waals surface area contributed by atoms with Crippen LogP contribution in [-0.4, -0.2) is 16.3 Å². The van der Waals surface area contributed by atoms with Gasteiger partial charge in [0.25, 0.3) is 0 Å². The summed E-state index contributed by atoms with van der Waals surface area (Å²) in [5, 5.41) is 8.90. The SMILES string of the molecule is CCCNC(c1cccc(C)c1Cl)c1ccnn1CCC. The van der Waals surface area contributed by atoms with Crippen molar-refractivity contribution in [1.29, 1.82) is 0 Å². The molecule has 0 aliphatic rings. The lowest BCUT2D eigenvalue weighted by Crippen LogP contribution is -2.26. The van der Waals surface area contributed by atoms with Gasteiger partial charge in [0.05, 0.1) is 11.7 Å². The Morgan fingerprint density at radius 1 is 1.24 bits per heavy atom. The minimum atomic E-state index is 0.0893. The molecular weight excluding hydrogens is 282 g/mol. The van der Waals surface area contributed by atoms with Crippen LogP contribution < -0.4 is 5.32 Å². The quantitative estimate of drug-likeness (QED) is 0.824. The molecule has 2 aromatic rings. The lowest BCUT2D eigenvalue weighted by molar-refractivity contribution is 0.511. The van der Waals surface area contributed by atoms with E-state index in [-0.39, 0.29) is 6.04 Å². The first-order valence-corrected chi connectivity index (χ1v) is 8.06. The molecule has 0 spiro atoms. The highest BCUT2D eigenvalue weighted by molar-refractivity contribution is 6.32. The van der Waals surface area contributed by atoms with Gasteiger partial charge in [0.15, 0.2) is 0 Å². The molecule has 2 rings (SSSR count). The van der Waals surface area contributed by atoms with Crippen LogP contribution in [0.5, 0.6) is 0 Å². The van der Waals surface area contributed by atoms with Crippen molar-refractivity contribution < 1.29 is 0 Å². The summed E-state index contributed by atoms with van der Waals surface area (Å²) >= 11 is 6.54. The van der Waals surface area contributed by atoms with Crippen LogP contribution in [-0.2, 0) is 6.54 Å². The predicted molar refractivity (Wildman–Crippen MR) is 88.8 cm³/mol. The first-order chi connectivity index (χ1) is 10.2. The molecule has 1 aromatic carbocycles. The van der Waals surface area contributed by atoms with Gasteiger partial charge >= 0.3 is 0 Å². The van der Waals surface area contributed by atoms with E-state index in [0.717, 1.165) is 42.1 Å². The van der Waals surface area contributed by atoms with E-state index in [9.17, 15) is 0 Å². The first kappa shape index (κ1) is 16.1. The van der Waals surface area contributed by atoms with Crippen LogP contribution in [0.2, 0.25) is 5.02 Å². The average Bonchev–Trinajstić information content (AvgIpc) is 2.92. The van der Waals surface area contributed by atoms with E-state index in [2.05, 4.69) is 47.1 Å². The highest BCUT2D eigenvalue weighted by Crippen LogP contribution is 2.30. The van der Waals surface area contributed by atoms with E-state index in [4.69, 9.17) is 11.6 Å². The molecule has 1 unspecified atom stereocenters. The van der Waals surface area contributed by atoms with Crippen molar-refractivity contribution in [3.05, 3.63) is 52.3 Å². The van der Waals surface area contributed by atoms with Crippen LogP contribution >= 0.6 is 11.6 Å². The van der Waals surface area contributed by atoms with Crippen molar-refractivity contribution in [3.8, 4) is 0 Å². The van der Waals surface area contributed by atoms with Crippen molar-refractivity contribution in [2.45, 2.75) is 46.2 Å². The standard InChI is InChI=1S/C17H24ClN3/c1-4-10-19-17(14-8-6-7-13(3)16(14)18)15-9-11-20-21(15)12-5-2/h6-9,11,17,19H,4-5,10,12H2,1-3H3. The van der Waals surface area contributed by atoms with Crippen LogP contribution in [0.1, 0.15) is 49.6 Å². The fourth-order valence-electron chi connectivity index (χ4n) is 2.54. The molecule has 114 valence electrons. The zero-order chi connectivity index (χ0) is 15.2. The molecule has 3 nitrogen and oxygen atoms in total. The number of aryl methyl sites for hydroxylation is 2. The van der Waals surface area contributed by atoms with Crippen molar-refractivity contribution in [1.82, 2.24) is 15.1 Å². The van der Waals surface area contributed by atoms with Crippen LogP contribution in [0, 0.1) is 6.92 Å². The third-order valence-corrected chi connectivity index (χ3v) is 4.13. The van der Waals surface area contributed by atoms with Gasteiger partial charge in [0, 0.05) is 17.8 Å². The van der Waals surface area contributed by atoms with Crippen LogP contribution in [0.4, 0.5) is 0 Å². The molecule has 0 bridgehead atoms. The van der Waals surface area contributed by atoms with Gasteiger partial charge in [0.1, 0.15) is 0 Å². The Labute approximate surface area is 132 Å². The Hall–Kier alpha value is -1.32. The molecular formula is C17H24ClN3. The molecule has 21 heavy (non-hydrogen) atoms. The van der Waals surface area contributed by atoms with Crippen LogP contribution in [0.3, 0.4) is 0 Å². The van der Waals surface area contributed by atoms with Crippen molar-refractivity contribution >= 4 is 11.6 Å². The molecule has 1 N–H and O–H groups in total. The van der Waals surface area contributed by atoms with E-state index in [1.54, 1.807) is 0 Å². The number of hydrogen-bond acceptors (Lipinski definition) is 2. The summed E-state index contributed by atoms with van der Waals surface area (Å²) in [4.78, 5) is 0. The molecule has 0 fully saturated rings. The van der Waals surface area contributed by atoms with Gasteiger partial charge in [-0.3, -0.25) is 4.68 Å². The number of nitrogens with one attached hydrogen (secondary N) is 1. The van der Waals surface area contributed by atoms with Gasteiger partial charge in [-0.1, -0.05) is 43.6 Å². The maximum Gasteiger partial charge on any atom is 0.0762 e. The van der Waals surface area contributed by atoms with Gasteiger partial charge in [-0.05, 0) is 43.5 Å². The maximum absolute atomic E-state index is 6.54. The van der Waals surface area contributed by atoms with Crippen molar-refractivity contribution in [2.75, 3.05) is 6.54 Å². The number of benzene rings is 1. The predicted octanol–water partition coefficient (Wildman–Crippen LogP) is 4.34. The topological polar surface area (TPSA) is 29.9 Å². The molecule has 0 amide bonds. The van der Waals surface area contributed by atoms with Crippen molar-refractivity contribution in [2.24, 2.45) is 0 Å². The van der Waals surface area contributed by atoms with E-state index in [0.29, 0.717) is 0 Å². The van der Waals surface area contributed by atoms with Crippen LogP contribution in [0.15, 0.2) is 30.5 Å². The Kier molecular flexibility index (Phi) is 5.83. The number of halogens is 1. The minimum absolute atomic E-state index is 0.0893. The molecule has 0 saturated carbocycles. The third kappa shape index (κ3) is 3.66. The molecule has 0 aliphatic heterocycles. The van der Waals surface area contributed by atoms with E-state index < -0.39 is 0 Å². The molecule has 1 heterocycles. The highest BCUT2D eigenvalue weighted by Gasteiger charge is 2.20. The third-order valence-electron chi connectivity index (χ3n) is 3.61. The Bertz CT molecular complexity index is 577. The minimum Gasteiger partial charge on any atom is -0.305 e. The smallest absolute Gasteiger partial charge is 0.0762 e. The second-order valence-electron chi connectivity index (χ2n) is 5.34. The first-order valence-electron chi connectivity index (χ1n) is 7.69. The summed E-state index contributed by atoms with van der Waals surface area (Å²) in [5.74, 6) is 0. The zero-order valence-corrected chi connectivity index (χ0v) is 13.8. The van der Waals surface area contributed by atoms with Crippen molar-refractivity contribution in [3.63, 3.8) is 0 Å². The molecule has 1 atom stereocenters. The molecule has 0 aliphatic carbocycles. The van der Waals surface area contributed by atoms with Gasteiger partial charge in [-0.25, -0.2) is 0 Å². The summed E-state index contributed by atoms with van der Waals surface area (Å²) in [5.41, 5.74) is 3.42. The summed E-state index contributed by atoms with van der Waals surface area (Å²) < 4.78 is 2.08. The van der Waals surface area contributed by atoms with E-state index in [1.807, 2.05) is 19.2 Å². The summed E-state index contributed by atoms with van der Waals surface area (Å²) in [6, 6.07) is 8.39. The van der Waals surface area contributed by atoms with Gasteiger partial charge in [0.2, 0.25) is 0 Å². The molecule has 0 radical (unpaired) electrons. The average molecular weight is 306 g/mol. The Morgan fingerprint density at radius 2 is 2.05 bits per heavy atom. The van der Waals surface area contributed by atoms with E-state index in [1.165, 1.54) is 5.69 Å².